The lowest BCUT2D eigenvalue weighted by Crippen LogP contribution is -2.61. The highest BCUT2D eigenvalue weighted by Crippen LogP contribution is 2.41. The van der Waals surface area contributed by atoms with E-state index in [0.29, 0.717) is 19.3 Å². The highest BCUT2D eigenvalue weighted by atomic mass is 16.7. The molecule has 1 aromatic carbocycles. The molecule has 0 spiro atoms. The molecule has 18 atom stereocenters. The summed E-state index contributed by atoms with van der Waals surface area (Å²) in [6.45, 7) is 17.2. The van der Waals surface area contributed by atoms with Crippen molar-refractivity contribution in [3.8, 4) is 0 Å². The van der Waals surface area contributed by atoms with Crippen LogP contribution in [0.4, 0.5) is 0 Å². The number of fused-ring (bicyclic) bond motifs is 1. The van der Waals surface area contributed by atoms with Gasteiger partial charge in [-0.2, -0.15) is 0 Å². The van der Waals surface area contributed by atoms with Crippen LogP contribution in [0.15, 0.2) is 36.5 Å². The van der Waals surface area contributed by atoms with Crippen molar-refractivity contribution in [2.24, 2.45) is 17.8 Å². The van der Waals surface area contributed by atoms with E-state index in [1.165, 1.54) is 28.1 Å². The lowest BCUT2D eigenvalue weighted by atomic mass is 9.78. The molecular weight excluding hydrogens is 879 g/mol. The van der Waals surface area contributed by atoms with Gasteiger partial charge in [0.05, 0.1) is 53.5 Å². The standard InChI is InChI=1S/C51H81N3O14/c1-15-38-51(10,60)43(57)32(6)46(58)53-28(2)25-49(8,61-13)44(68-48-41(56)37(54(11)12)23-29(3)63-48)30(4)42(31(5)47(59)65-38)67-40-26-50(9,62-14)45(33(7)64-40)66-39(55)22-18-19-34-24-35-20-16-17-21-36(35)52-27-34/h16-17,20-21,24,27-33,37-38,40-45,48,56-57,60H,15,18-19,22-23,25-26H2,1-14H3,(H,53,58)/t28-,29-,30+,31-,32-,33+,37+,38-,40+,41-,42-,43-,44-,45+,48+,49+,50-,51-/m1/s1. The molecule has 3 saturated heterocycles. The van der Waals surface area contributed by atoms with E-state index >= 15 is 0 Å². The zero-order valence-electron chi connectivity index (χ0n) is 42.8. The minimum atomic E-state index is -2.03. The van der Waals surface area contributed by atoms with E-state index in [1.54, 1.807) is 27.7 Å². The first-order valence-corrected chi connectivity index (χ1v) is 24.4. The van der Waals surface area contributed by atoms with Crippen molar-refractivity contribution in [1.29, 1.82) is 0 Å². The Balaban J connectivity index is 1.47. The van der Waals surface area contributed by atoms with Gasteiger partial charge >= 0.3 is 11.9 Å². The Bertz CT molecular complexity index is 1990. The number of likely N-dealkylation sites (N-methyl/N-ethyl adjacent to an activating group) is 1. The second-order valence-electron chi connectivity index (χ2n) is 20.6. The van der Waals surface area contributed by atoms with Crippen molar-refractivity contribution in [3.05, 3.63) is 42.1 Å². The maximum atomic E-state index is 14.6. The number of aromatic nitrogens is 1. The first-order valence-electron chi connectivity index (χ1n) is 24.4. The van der Waals surface area contributed by atoms with Crippen LogP contribution in [0, 0.1) is 17.8 Å². The van der Waals surface area contributed by atoms with Crippen LogP contribution in [-0.2, 0) is 58.7 Å². The molecule has 0 unspecified atom stereocenters. The second kappa shape index (κ2) is 23.2. The molecule has 0 aliphatic carbocycles. The van der Waals surface area contributed by atoms with E-state index in [0.717, 1.165) is 16.5 Å². The smallest absolute Gasteiger partial charge is 0.311 e. The number of hydrogen-bond donors (Lipinski definition) is 4. The number of carbonyl (C=O) groups is 3. The Morgan fingerprint density at radius 3 is 2.24 bits per heavy atom. The van der Waals surface area contributed by atoms with Gasteiger partial charge in [0.25, 0.3) is 0 Å². The number of aliphatic hydroxyl groups is 3. The van der Waals surface area contributed by atoms with Gasteiger partial charge in [-0.15, -0.1) is 0 Å². The van der Waals surface area contributed by atoms with Crippen molar-refractivity contribution in [1.82, 2.24) is 15.2 Å². The van der Waals surface area contributed by atoms with Gasteiger partial charge in [0.1, 0.15) is 23.4 Å². The van der Waals surface area contributed by atoms with Gasteiger partial charge in [0.2, 0.25) is 5.91 Å². The molecule has 4 N–H and O–H groups in total. The topological polar surface area (TPSA) is 214 Å². The number of hydrogen-bond acceptors (Lipinski definition) is 16. The number of benzene rings is 1. The van der Waals surface area contributed by atoms with E-state index in [1.807, 2.05) is 77.2 Å². The van der Waals surface area contributed by atoms with Crippen molar-refractivity contribution >= 4 is 28.7 Å². The second-order valence-corrected chi connectivity index (χ2v) is 20.6. The summed E-state index contributed by atoms with van der Waals surface area (Å²) in [6.07, 6.45) is -5.93. The molecule has 0 bridgehead atoms. The molecule has 4 heterocycles. The molecule has 2 aromatic rings. The average Bonchev–Trinajstić information content (AvgIpc) is 3.29. The van der Waals surface area contributed by atoms with Crippen LogP contribution in [0.3, 0.4) is 0 Å². The summed E-state index contributed by atoms with van der Waals surface area (Å²) < 4.78 is 51.4. The van der Waals surface area contributed by atoms with Gasteiger partial charge in [-0.3, -0.25) is 19.4 Å². The Hall–Kier alpha value is -3.36. The Kier molecular flexibility index (Phi) is 19.0. The fourth-order valence-corrected chi connectivity index (χ4v) is 10.5. The normalized spacial score (nSPS) is 40.2. The first kappa shape index (κ1) is 55.6. The SMILES string of the molecule is CC[C@H]1OC(=O)[C@H](C)[C@H](O[C@H]2C[C@@](C)(OC)[C@@H](OC(=O)CCCc3cnc4ccccc4c3)[C@H](C)O2)[C@H](C)[C@@H](O[C@@H]2O[C@H](C)C[C@H](N(C)C)[C@H]2O)[C@@](C)(OC)C[C@@H](C)NC(=O)[C@H](C)[C@@H](O)[C@]1(C)O. The molecule has 3 aliphatic heterocycles. The number of pyridine rings is 1. The molecule has 3 aliphatic rings. The van der Waals surface area contributed by atoms with Crippen LogP contribution in [0.25, 0.3) is 10.9 Å². The third-order valence-electron chi connectivity index (χ3n) is 14.8. The highest BCUT2D eigenvalue weighted by molar-refractivity contribution is 5.80. The molecule has 3 fully saturated rings. The number of esters is 2. The molecule has 1 amide bonds. The fourth-order valence-electron chi connectivity index (χ4n) is 10.5. The average molecular weight is 960 g/mol. The van der Waals surface area contributed by atoms with E-state index in [-0.39, 0.29) is 37.8 Å². The number of nitrogens with zero attached hydrogens (tertiary/aromatic N) is 2. The predicted octanol–water partition coefficient (Wildman–Crippen LogP) is 4.86. The maximum Gasteiger partial charge on any atom is 0.311 e. The molecule has 0 radical (unpaired) electrons. The summed E-state index contributed by atoms with van der Waals surface area (Å²) in [7, 11) is 6.82. The minimum absolute atomic E-state index is 0.0819. The molecule has 0 saturated carbocycles. The summed E-state index contributed by atoms with van der Waals surface area (Å²) in [5.41, 5.74) is -2.46. The number of carbonyl (C=O) groups excluding carboxylic acids is 3. The summed E-state index contributed by atoms with van der Waals surface area (Å²) in [6, 6.07) is 9.07. The van der Waals surface area contributed by atoms with Crippen LogP contribution in [0.1, 0.15) is 113 Å². The van der Waals surface area contributed by atoms with E-state index in [2.05, 4.69) is 16.4 Å². The number of para-hydroxylation sites is 1. The number of cyclic esters (lactones) is 1. The van der Waals surface area contributed by atoms with Crippen molar-refractivity contribution in [2.75, 3.05) is 28.3 Å². The van der Waals surface area contributed by atoms with Crippen LogP contribution < -0.4 is 5.32 Å². The van der Waals surface area contributed by atoms with Crippen molar-refractivity contribution in [2.45, 2.75) is 204 Å². The quantitative estimate of drug-likeness (QED) is 0.197. The minimum Gasteiger partial charge on any atom is -0.459 e. The monoisotopic (exact) mass is 960 g/mol. The van der Waals surface area contributed by atoms with E-state index in [9.17, 15) is 29.7 Å². The summed E-state index contributed by atoms with van der Waals surface area (Å²) in [5.74, 6) is -4.64. The predicted molar refractivity (Wildman–Crippen MR) is 253 cm³/mol. The highest BCUT2D eigenvalue weighted by Gasteiger charge is 2.54. The molecule has 384 valence electrons. The maximum absolute atomic E-state index is 14.6. The van der Waals surface area contributed by atoms with Crippen LogP contribution in [0.2, 0.25) is 0 Å². The summed E-state index contributed by atoms with van der Waals surface area (Å²) >= 11 is 0. The summed E-state index contributed by atoms with van der Waals surface area (Å²) in [5, 5.41) is 39.1. The molecule has 17 heteroatoms. The van der Waals surface area contributed by atoms with E-state index in [4.69, 9.17) is 37.9 Å². The van der Waals surface area contributed by atoms with Gasteiger partial charge in [0.15, 0.2) is 18.7 Å². The number of ether oxygens (including phenoxy) is 8. The summed E-state index contributed by atoms with van der Waals surface area (Å²) in [4.78, 5) is 48.2. The van der Waals surface area contributed by atoms with Crippen molar-refractivity contribution in [3.63, 3.8) is 0 Å². The molecule has 1 aromatic heterocycles. The lowest BCUT2D eigenvalue weighted by molar-refractivity contribution is -0.320. The first-order chi connectivity index (χ1) is 31.9. The fraction of sp³-hybridized carbons (Fsp3) is 0.765. The van der Waals surface area contributed by atoms with Gasteiger partial charge < -0.3 is 63.4 Å². The van der Waals surface area contributed by atoms with Crippen LogP contribution in [0.5, 0.6) is 0 Å². The molecule has 5 rings (SSSR count). The third-order valence-corrected chi connectivity index (χ3v) is 14.8. The van der Waals surface area contributed by atoms with Crippen LogP contribution in [-0.4, -0.2) is 162 Å². The molecular formula is C51H81N3O14. The Labute approximate surface area is 403 Å². The van der Waals surface area contributed by atoms with Gasteiger partial charge in [0, 0.05) is 56.6 Å². The van der Waals surface area contributed by atoms with Crippen molar-refractivity contribution < 1.29 is 67.6 Å². The zero-order valence-corrected chi connectivity index (χ0v) is 42.8. The number of aliphatic hydroxyl groups excluding tert-OH is 2. The number of rotatable bonds is 13. The molecule has 68 heavy (non-hydrogen) atoms. The number of aryl methyl sites for hydroxylation is 1. The Morgan fingerprint density at radius 1 is 0.926 bits per heavy atom. The number of methoxy groups -OCH3 is 2. The third kappa shape index (κ3) is 12.7. The van der Waals surface area contributed by atoms with Gasteiger partial charge in [-0.1, -0.05) is 39.0 Å². The van der Waals surface area contributed by atoms with Gasteiger partial charge in [-0.05, 0) is 112 Å². The van der Waals surface area contributed by atoms with Crippen LogP contribution >= 0.6 is 0 Å². The number of nitrogens with one attached hydrogen (secondary N) is 1. The van der Waals surface area contributed by atoms with Gasteiger partial charge in [-0.25, -0.2) is 0 Å². The Morgan fingerprint density at radius 2 is 1.59 bits per heavy atom. The lowest BCUT2D eigenvalue weighted by Gasteiger charge is -2.50. The van der Waals surface area contributed by atoms with E-state index < -0.39 is 114 Å². The number of amides is 1. The zero-order chi connectivity index (χ0) is 50.5. The molecule has 17 nitrogen and oxygen atoms in total. The largest absolute Gasteiger partial charge is 0.459 e.